The molecule has 1 saturated heterocycles. The van der Waals surface area contributed by atoms with Crippen LogP contribution in [0.4, 0.5) is 0 Å². The highest BCUT2D eigenvalue weighted by Crippen LogP contribution is 2.32. The van der Waals surface area contributed by atoms with Crippen molar-refractivity contribution in [3.8, 4) is 0 Å². The van der Waals surface area contributed by atoms with Gasteiger partial charge in [0.05, 0.1) is 6.20 Å². The van der Waals surface area contributed by atoms with Crippen LogP contribution in [0.5, 0.6) is 0 Å². The predicted molar refractivity (Wildman–Crippen MR) is 106 cm³/mol. The SMILES string of the molecule is CCc1nccn1CC(=O)N1CCC[C@H]1c1ncc(Cc2ccccc2Cl)o1. The van der Waals surface area contributed by atoms with Gasteiger partial charge in [-0.05, 0) is 24.5 Å². The molecule has 146 valence electrons. The van der Waals surface area contributed by atoms with E-state index in [1.807, 2.05) is 46.9 Å². The monoisotopic (exact) mass is 398 g/mol. The van der Waals surface area contributed by atoms with E-state index in [1.54, 1.807) is 12.4 Å². The number of carbonyl (C=O) groups is 1. The number of hydrogen-bond acceptors (Lipinski definition) is 4. The van der Waals surface area contributed by atoms with E-state index in [4.69, 9.17) is 16.0 Å². The first-order valence-corrected chi connectivity index (χ1v) is 10.0. The summed E-state index contributed by atoms with van der Waals surface area (Å²) in [6, 6.07) is 7.60. The standard InChI is InChI=1S/C21H23ClN4O2/c1-2-19-23-9-11-25(19)14-20(27)26-10-5-8-18(26)21-24-13-16(28-21)12-15-6-3-4-7-17(15)22/h3-4,6-7,9,11,13,18H,2,5,8,10,12,14H2,1H3/t18-/m0/s1. The van der Waals surface area contributed by atoms with Crippen molar-refractivity contribution in [1.82, 2.24) is 19.4 Å². The number of aromatic nitrogens is 3. The van der Waals surface area contributed by atoms with E-state index in [1.165, 1.54) is 0 Å². The molecular formula is C21H23ClN4O2. The molecule has 0 radical (unpaired) electrons. The third-order valence-corrected chi connectivity index (χ3v) is 5.54. The zero-order valence-electron chi connectivity index (χ0n) is 15.8. The van der Waals surface area contributed by atoms with Gasteiger partial charge in [-0.25, -0.2) is 9.97 Å². The number of benzene rings is 1. The van der Waals surface area contributed by atoms with Gasteiger partial charge < -0.3 is 13.9 Å². The second-order valence-electron chi connectivity index (χ2n) is 7.00. The predicted octanol–water partition coefficient (Wildman–Crippen LogP) is 4.04. The van der Waals surface area contributed by atoms with Gasteiger partial charge >= 0.3 is 0 Å². The molecule has 7 heteroatoms. The summed E-state index contributed by atoms with van der Waals surface area (Å²) in [5, 5.41) is 0.713. The summed E-state index contributed by atoms with van der Waals surface area (Å²) in [4.78, 5) is 23.5. The fraction of sp³-hybridized carbons (Fsp3) is 0.381. The van der Waals surface area contributed by atoms with Crippen molar-refractivity contribution >= 4 is 17.5 Å². The van der Waals surface area contributed by atoms with Gasteiger partial charge in [0, 0.05) is 36.8 Å². The maximum atomic E-state index is 12.9. The van der Waals surface area contributed by atoms with E-state index in [9.17, 15) is 4.79 Å². The smallest absolute Gasteiger partial charge is 0.243 e. The van der Waals surface area contributed by atoms with Crippen LogP contribution in [-0.4, -0.2) is 31.9 Å². The molecule has 0 unspecified atom stereocenters. The average molecular weight is 399 g/mol. The molecule has 2 aromatic heterocycles. The highest BCUT2D eigenvalue weighted by atomic mass is 35.5. The molecule has 6 nitrogen and oxygen atoms in total. The van der Waals surface area contributed by atoms with Crippen LogP contribution >= 0.6 is 11.6 Å². The number of carbonyl (C=O) groups excluding carboxylic acids is 1. The lowest BCUT2D eigenvalue weighted by Crippen LogP contribution is -2.33. The Hall–Kier alpha value is -2.60. The van der Waals surface area contributed by atoms with E-state index in [-0.39, 0.29) is 11.9 Å². The highest BCUT2D eigenvalue weighted by Gasteiger charge is 2.33. The molecule has 0 bridgehead atoms. The van der Waals surface area contributed by atoms with Crippen LogP contribution in [0.2, 0.25) is 5.02 Å². The van der Waals surface area contributed by atoms with Crippen LogP contribution in [0, 0.1) is 0 Å². The molecule has 1 atom stereocenters. The molecule has 4 rings (SSSR count). The normalized spacial score (nSPS) is 16.6. The molecule has 28 heavy (non-hydrogen) atoms. The lowest BCUT2D eigenvalue weighted by Gasteiger charge is -2.23. The van der Waals surface area contributed by atoms with Crippen molar-refractivity contribution in [1.29, 1.82) is 0 Å². The Labute approximate surface area is 169 Å². The zero-order valence-corrected chi connectivity index (χ0v) is 16.6. The Balaban J connectivity index is 1.47. The first-order chi connectivity index (χ1) is 13.7. The van der Waals surface area contributed by atoms with Crippen LogP contribution in [0.1, 0.15) is 48.8 Å². The molecule has 0 saturated carbocycles. The van der Waals surface area contributed by atoms with Crippen LogP contribution in [0.25, 0.3) is 0 Å². The minimum absolute atomic E-state index is 0.0704. The lowest BCUT2D eigenvalue weighted by atomic mass is 10.1. The Morgan fingerprint density at radius 2 is 2.18 bits per heavy atom. The molecule has 0 aliphatic carbocycles. The molecule has 0 N–H and O–H groups in total. The van der Waals surface area contributed by atoms with Crippen molar-refractivity contribution in [3.63, 3.8) is 0 Å². The molecule has 1 aromatic carbocycles. The maximum absolute atomic E-state index is 12.9. The number of aryl methyl sites for hydroxylation is 1. The summed E-state index contributed by atoms with van der Waals surface area (Å²) >= 11 is 6.24. The third-order valence-electron chi connectivity index (χ3n) is 5.18. The largest absolute Gasteiger partial charge is 0.443 e. The number of hydrogen-bond donors (Lipinski definition) is 0. The van der Waals surface area contributed by atoms with Crippen molar-refractivity contribution in [2.45, 2.75) is 45.2 Å². The fourth-order valence-corrected chi connectivity index (χ4v) is 3.95. The van der Waals surface area contributed by atoms with E-state index in [0.29, 0.717) is 23.9 Å². The first-order valence-electron chi connectivity index (χ1n) is 9.63. The zero-order chi connectivity index (χ0) is 19.5. The van der Waals surface area contributed by atoms with E-state index in [0.717, 1.165) is 43.0 Å². The molecule has 3 heterocycles. The topological polar surface area (TPSA) is 64.2 Å². The lowest BCUT2D eigenvalue weighted by molar-refractivity contribution is -0.133. The number of oxazole rings is 1. The minimum Gasteiger partial charge on any atom is -0.443 e. The second kappa shape index (κ2) is 8.19. The first kappa shape index (κ1) is 18.7. The van der Waals surface area contributed by atoms with Crippen molar-refractivity contribution in [2.24, 2.45) is 0 Å². The number of halogens is 1. The quantitative estimate of drug-likeness (QED) is 0.628. The van der Waals surface area contributed by atoms with E-state index < -0.39 is 0 Å². The molecule has 0 spiro atoms. The van der Waals surface area contributed by atoms with Crippen molar-refractivity contribution in [2.75, 3.05) is 6.54 Å². The van der Waals surface area contributed by atoms with Gasteiger partial charge in [0.25, 0.3) is 0 Å². The van der Waals surface area contributed by atoms with Gasteiger partial charge in [-0.1, -0.05) is 36.7 Å². The van der Waals surface area contributed by atoms with Gasteiger partial charge in [-0.15, -0.1) is 0 Å². The Morgan fingerprint density at radius 3 is 3.00 bits per heavy atom. The summed E-state index contributed by atoms with van der Waals surface area (Å²) in [5.74, 6) is 2.35. The molecule has 1 fully saturated rings. The second-order valence-corrected chi connectivity index (χ2v) is 7.41. The van der Waals surface area contributed by atoms with Gasteiger partial charge in [0.1, 0.15) is 24.2 Å². The number of imidazole rings is 1. The molecule has 1 aliphatic heterocycles. The average Bonchev–Trinajstić information content (AvgIpc) is 3.43. The van der Waals surface area contributed by atoms with Crippen LogP contribution in [0.3, 0.4) is 0 Å². The molecule has 1 aliphatic rings. The van der Waals surface area contributed by atoms with Crippen LogP contribution in [-0.2, 0) is 24.2 Å². The minimum atomic E-state index is -0.110. The molecule has 1 amide bonds. The Bertz CT molecular complexity index is 965. The maximum Gasteiger partial charge on any atom is 0.243 e. The van der Waals surface area contributed by atoms with Crippen LogP contribution in [0.15, 0.2) is 47.3 Å². The summed E-state index contributed by atoms with van der Waals surface area (Å²) in [5.41, 5.74) is 0.999. The van der Waals surface area contributed by atoms with E-state index >= 15 is 0 Å². The molecular weight excluding hydrogens is 376 g/mol. The Morgan fingerprint density at radius 1 is 1.32 bits per heavy atom. The van der Waals surface area contributed by atoms with Gasteiger partial charge in [-0.3, -0.25) is 4.79 Å². The fourth-order valence-electron chi connectivity index (χ4n) is 3.74. The van der Waals surface area contributed by atoms with Gasteiger partial charge in [0.15, 0.2) is 0 Å². The van der Waals surface area contributed by atoms with Crippen LogP contribution < -0.4 is 0 Å². The van der Waals surface area contributed by atoms with E-state index in [2.05, 4.69) is 9.97 Å². The summed E-state index contributed by atoms with van der Waals surface area (Å²) in [6.07, 6.45) is 8.53. The number of likely N-dealkylation sites (tertiary alicyclic amines) is 1. The van der Waals surface area contributed by atoms with Crippen molar-refractivity contribution in [3.05, 3.63) is 70.9 Å². The number of amides is 1. The van der Waals surface area contributed by atoms with Gasteiger partial charge in [0.2, 0.25) is 11.8 Å². The summed E-state index contributed by atoms with van der Waals surface area (Å²) in [7, 11) is 0. The molecule has 3 aromatic rings. The number of rotatable bonds is 6. The third kappa shape index (κ3) is 3.83. The van der Waals surface area contributed by atoms with Crippen molar-refractivity contribution < 1.29 is 9.21 Å². The van der Waals surface area contributed by atoms with Gasteiger partial charge in [-0.2, -0.15) is 0 Å². The Kier molecular flexibility index (Phi) is 5.48. The summed E-state index contributed by atoms with van der Waals surface area (Å²) in [6.45, 7) is 3.06. The number of nitrogens with zero attached hydrogens (tertiary/aromatic N) is 4. The summed E-state index contributed by atoms with van der Waals surface area (Å²) < 4.78 is 7.92. The highest BCUT2D eigenvalue weighted by molar-refractivity contribution is 6.31.